The van der Waals surface area contributed by atoms with E-state index in [4.69, 9.17) is 9.47 Å². The SMILES string of the molecule is CCC12CCC(C)(O1)C(OCc1ccccc1F)C2. The van der Waals surface area contributed by atoms with Gasteiger partial charge in [-0.3, -0.25) is 0 Å². The van der Waals surface area contributed by atoms with Crippen molar-refractivity contribution >= 4 is 0 Å². The van der Waals surface area contributed by atoms with E-state index in [1.165, 1.54) is 6.07 Å². The van der Waals surface area contributed by atoms with Gasteiger partial charge in [0.1, 0.15) is 5.82 Å². The zero-order chi connectivity index (χ0) is 13.5. The number of ether oxygens (including phenoxy) is 2. The molecular weight excluding hydrogens is 243 g/mol. The third-order valence-corrected chi connectivity index (χ3v) is 4.81. The molecule has 0 aromatic heterocycles. The second-order valence-electron chi connectivity index (χ2n) is 6.05. The summed E-state index contributed by atoms with van der Waals surface area (Å²) in [4.78, 5) is 0. The molecule has 2 nitrogen and oxygen atoms in total. The topological polar surface area (TPSA) is 18.5 Å². The maximum Gasteiger partial charge on any atom is 0.128 e. The van der Waals surface area contributed by atoms with Gasteiger partial charge in [-0.1, -0.05) is 25.1 Å². The first-order chi connectivity index (χ1) is 9.07. The van der Waals surface area contributed by atoms with Crippen LogP contribution in [0.2, 0.25) is 0 Å². The summed E-state index contributed by atoms with van der Waals surface area (Å²) in [6.45, 7) is 4.63. The van der Waals surface area contributed by atoms with Crippen LogP contribution in [0.4, 0.5) is 4.39 Å². The highest BCUT2D eigenvalue weighted by Crippen LogP contribution is 2.53. The zero-order valence-corrected chi connectivity index (χ0v) is 11.6. The minimum atomic E-state index is -0.193. The number of benzene rings is 1. The van der Waals surface area contributed by atoms with Gasteiger partial charge in [0.25, 0.3) is 0 Å². The molecule has 0 saturated carbocycles. The van der Waals surface area contributed by atoms with E-state index in [-0.39, 0.29) is 23.1 Å². The third-order valence-electron chi connectivity index (χ3n) is 4.81. The smallest absolute Gasteiger partial charge is 0.128 e. The summed E-state index contributed by atoms with van der Waals surface area (Å²) in [5.41, 5.74) is 0.454. The van der Waals surface area contributed by atoms with Crippen molar-refractivity contribution in [3.05, 3.63) is 35.6 Å². The Labute approximate surface area is 113 Å². The Kier molecular flexibility index (Phi) is 3.14. The van der Waals surface area contributed by atoms with Gasteiger partial charge in [-0.2, -0.15) is 0 Å². The summed E-state index contributed by atoms with van der Waals surface area (Å²) >= 11 is 0. The van der Waals surface area contributed by atoms with Gasteiger partial charge in [-0.05, 0) is 32.3 Å². The third kappa shape index (κ3) is 2.19. The fourth-order valence-corrected chi connectivity index (χ4v) is 3.43. The molecule has 3 atom stereocenters. The van der Waals surface area contributed by atoms with Crippen LogP contribution in [0.3, 0.4) is 0 Å². The van der Waals surface area contributed by atoms with Crippen molar-refractivity contribution in [2.24, 2.45) is 0 Å². The molecule has 0 radical (unpaired) electrons. The maximum atomic E-state index is 13.6. The predicted octanol–water partition coefficient (Wildman–Crippen LogP) is 3.83. The van der Waals surface area contributed by atoms with Crippen LogP contribution in [0, 0.1) is 5.82 Å². The average Bonchev–Trinajstić information content (AvgIpc) is 2.89. The molecule has 3 rings (SSSR count). The number of halogens is 1. The zero-order valence-electron chi connectivity index (χ0n) is 11.6. The van der Waals surface area contributed by atoms with E-state index in [2.05, 4.69) is 13.8 Å². The molecular formula is C16H21FO2. The molecule has 1 aromatic rings. The Balaban J connectivity index is 1.67. The van der Waals surface area contributed by atoms with Crippen LogP contribution in [0.15, 0.2) is 24.3 Å². The second kappa shape index (κ2) is 4.57. The number of hydrogen-bond acceptors (Lipinski definition) is 2. The van der Waals surface area contributed by atoms with Gasteiger partial charge >= 0.3 is 0 Å². The van der Waals surface area contributed by atoms with Crippen LogP contribution in [-0.4, -0.2) is 17.3 Å². The Morgan fingerprint density at radius 3 is 2.84 bits per heavy atom. The van der Waals surface area contributed by atoms with Crippen LogP contribution in [-0.2, 0) is 16.1 Å². The lowest BCUT2D eigenvalue weighted by molar-refractivity contribution is -0.0869. The van der Waals surface area contributed by atoms with Crippen LogP contribution in [0.25, 0.3) is 0 Å². The van der Waals surface area contributed by atoms with Crippen molar-refractivity contribution in [3.8, 4) is 0 Å². The lowest BCUT2D eigenvalue weighted by atomic mass is 9.79. The first-order valence-corrected chi connectivity index (χ1v) is 7.12. The van der Waals surface area contributed by atoms with Crippen molar-refractivity contribution in [3.63, 3.8) is 0 Å². The van der Waals surface area contributed by atoms with E-state index in [0.717, 1.165) is 25.7 Å². The van der Waals surface area contributed by atoms with Gasteiger partial charge in [0.15, 0.2) is 0 Å². The van der Waals surface area contributed by atoms with Crippen molar-refractivity contribution in [2.45, 2.75) is 63.4 Å². The fraction of sp³-hybridized carbons (Fsp3) is 0.625. The van der Waals surface area contributed by atoms with Crippen molar-refractivity contribution < 1.29 is 13.9 Å². The van der Waals surface area contributed by atoms with Crippen LogP contribution >= 0.6 is 0 Å². The summed E-state index contributed by atoms with van der Waals surface area (Å²) in [5, 5.41) is 0. The summed E-state index contributed by atoms with van der Waals surface area (Å²) in [6, 6.07) is 6.80. The van der Waals surface area contributed by atoms with Crippen LogP contribution < -0.4 is 0 Å². The van der Waals surface area contributed by atoms with Crippen LogP contribution in [0.5, 0.6) is 0 Å². The Morgan fingerprint density at radius 2 is 2.16 bits per heavy atom. The maximum absolute atomic E-state index is 13.6. The summed E-state index contributed by atoms with van der Waals surface area (Å²) in [6.07, 6.45) is 4.22. The van der Waals surface area contributed by atoms with E-state index >= 15 is 0 Å². The largest absolute Gasteiger partial charge is 0.370 e. The Bertz CT molecular complexity index is 476. The van der Waals surface area contributed by atoms with E-state index in [0.29, 0.717) is 12.2 Å². The number of rotatable bonds is 4. The standard InChI is InChI=1S/C16H21FO2/c1-3-16-9-8-15(2,19-16)14(10-16)18-11-12-6-4-5-7-13(12)17/h4-7,14H,3,8-11H2,1-2H3. The second-order valence-corrected chi connectivity index (χ2v) is 6.05. The number of hydrogen-bond donors (Lipinski definition) is 0. The van der Waals surface area contributed by atoms with Crippen molar-refractivity contribution in [2.75, 3.05) is 0 Å². The average molecular weight is 264 g/mol. The predicted molar refractivity (Wildman–Crippen MR) is 71.3 cm³/mol. The molecule has 2 saturated heterocycles. The van der Waals surface area contributed by atoms with Gasteiger partial charge in [0.2, 0.25) is 0 Å². The molecule has 2 aliphatic rings. The minimum Gasteiger partial charge on any atom is -0.370 e. The molecule has 19 heavy (non-hydrogen) atoms. The van der Waals surface area contributed by atoms with Gasteiger partial charge in [-0.15, -0.1) is 0 Å². The molecule has 104 valence electrons. The Hall–Kier alpha value is -0.930. The van der Waals surface area contributed by atoms with Gasteiger partial charge in [0.05, 0.1) is 23.9 Å². The highest BCUT2D eigenvalue weighted by Gasteiger charge is 2.58. The summed E-state index contributed by atoms with van der Waals surface area (Å²) in [7, 11) is 0. The van der Waals surface area contributed by atoms with Crippen LogP contribution in [0.1, 0.15) is 45.1 Å². The molecule has 1 aromatic carbocycles. The Morgan fingerprint density at radius 1 is 1.37 bits per heavy atom. The molecule has 3 unspecified atom stereocenters. The molecule has 3 heteroatoms. The number of fused-ring (bicyclic) bond motifs is 2. The fourth-order valence-electron chi connectivity index (χ4n) is 3.43. The van der Waals surface area contributed by atoms with Crippen molar-refractivity contribution in [1.82, 2.24) is 0 Å². The lowest BCUT2D eigenvalue weighted by Crippen LogP contribution is -2.37. The summed E-state index contributed by atoms with van der Waals surface area (Å²) in [5.74, 6) is -0.193. The normalized spacial score (nSPS) is 36.9. The molecule has 0 amide bonds. The van der Waals surface area contributed by atoms with Gasteiger partial charge in [0, 0.05) is 12.0 Å². The van der Waals surface area contributed by atoms with E-state index in [1.54, 1.807) is 12.1 Å². The molecule has 2 heterocycles. The lowest BCUT2D eigenvalue weighted by Gasteiger charge is -2.29. The quantitative estimate of drug-likeness (QED) is 0.822. The van der Waals surface area contributed by atoms with Crippen molar-refractivity contribution in [1.29, 1.82) is 0 Å². The van der Waals surface area contributed by atoms with Gasteiger partial charge in [-0.25, -0.2) is 4.39 Å². The molecule has 2 aliphatic heterocycles. The van der Waals surface area contributed by atoms with E-state index in [1.807, 2.05) is 6.07 Å². The highest BCUT2D eigenvalue weighted by molar-refractivity contribution is 5.16. The highest BCUT2D eigenvalue weighted by atomic mass is 19.1. The first-order valence-electron chi connectivity index (χ1n) is 7.12. The molecule has 2 fully saturated rings. The van der Waals surface area contributed by atoms with E-state index in [9.17, 15) is 4.39 Å². The first kappa shape index (κ1) is 13.1. The molecule has 0 aliphatic carbocycles. The summed E-state index contributed by atoms with van der Waals surface area (Å²) < 4.78 is 25.8. The van der Waals surface area contributed by atoms with Gasteiger partial charge < -0.3 is 9.47 Å². The minimum absolute atomic E-state index is 0.00858. The van der Waals surface area contributed by atoms with E-state index < -0.39 is 0 Å². The molecule has 2 bridgehead atoms. The monoisotopic (exact) mass is 264 g/mol. The molecule has 0 N–H and O–H groups in total. The molecule has 0 spiro atoms.